The van der Waals surface area contributed by atoms with Crippen molar-refractivity contribution in [2.24, 2.45) is 5.41 Å². The first-order chi connectivity index (χ1) is 16.3. The molecule has 8 nitrogen and oxygen atoms in total. The Hall–Kier alpha value is -3.69. The predicted octanol–water partition coefficient (Wildman–Crippen LogP) is 1.53. The van der Waals surface area contributed by atoms with Crippen LogP contribution < -0.4 is 11.1 Å². The van der Waals surface area contributed by atoms with Crippen molar-refractivity contribution in [3.05, 3.63) is 92.0 Å². The molecule has 0 saturated carbocycles. The number of fused-ring (bicyclic) bond motifs is 1. The molecule has 1 fully saturated rings. The second-order valence-corrected chi connectivity index (χ2v) is 9.10. The predicted molar refractivity (Wildman–Crippen MR) is 118 cm³/mol. The minimum Gasteiger partial charge on any atom is -0.342 e. The van der Waals surface area contributed by atoms with E-state index in [0.29, 0.717) is 56.0 Å². The Labute approximate surface area is 193 Å². The van der Waals surface area contributed by atoms with Crippen LogP contribution in [0.25, 0.3) is 0 Å². The van der Waals surface area contributed by atoms with Crippen LogP contribution in [-0.4, -0.2) is 43.2 Å². The molecule has 0 bridgehead atoms. The van der Waals surface area contributed by atoms with Gasteiger partial charge in [-0.25, -0.2) is 13.5 Å². The van der Waals surface area contributed by atoms with Crippen molar-refractivity contribution in [1.82, 2.24) is 24.2 Å². The Morgan fingerprint density at radius 1 is 0.971 bits per heavy atom. The first kappa shape index (κ1) is 22.1. The number of hydrogen-bond acceptors (Lipinski definition) is 5. The Morgan fingerprint density at radius 3 is 2.35 bits per heavy atom. The lowest BCUT2D eigenvalue weighted by molar-refractivity contribution is -0.132. The van der Waals surface area contributed by atoms with Gasteiger partial charge in [-0.1, -0.05) is 12.1 Å². The second kappa shape index (κ2) is 8.58. The fraction of sp³-hybridized carbons (Fsp3) is 0.375. The normalized spacial score (nSPS) is 16.6. The van der Waals surface area contributed by atoms with Gasteiger partial charge in [0, 0.05) is 31.7 Å². The van der Waals surface area contributed by atoms with Crippen LogP contribution in [0.2, 0.25) is 0 Å². The number of pyridine rings is 1. The largest absolute Gasteiger partial charge is 0.342 e. The third-order valence-corrected chi connectivity index (χ3v) is 6.78. The molecule has 1 aromatic carbocycles. The second-order valence-electron chi connectivity index (χ2n) is 9.10. The molecule has 2 aromatic heterocycles. The molecule has 2 aliphatic heterocycles. The van der Waals surface area contributed by atoms with Crippen LogP contribution in [0, 0.1) is 17.0 Å². The lowest BCUT2D eigenvalue weighted by Crippen LogP contribution is -2.46. The molecule has 0 N–H and O–H groups in total. The summed E-state index contributed by atoms with van der Waals surface area (Å²) in [6.07, 6.45) is 3.13. The average molecular weight is 467 g/mol. The van der Waals surface area contributed by atoms with Crippen molar-refractivity contribution in [2.75, 3.05) is 13.1 Å². The number of carbonyl (C=O) groups is 1. The summed E-state index contributed by atoms with van der Waals surface area (Å²) < 4.78 is 28.8. The van der Waals surface area contributed by atoms with Gasteiger partial charge in [0.15, 0.2) is 0 Å². The fourth-order valence-corrected chi connectivity index (χ4v) is 4.82. The van der Waals surface area contributed by atoms with Crippen LogP contribution >= 0.6 is 0 Å². The molecule has 10 heteroatoms. The number of benzene rings is 1. The third-order valence-electron chi connectivity index (χ3n) is 6.78. The van der Waals surface area contributed by atoms with Crippen molar-refractivity contribution in [3.63, 3.8) is 0 Å². The standard InChI is InChI=1S/C24H23F2N5O3/c25-17-3-1-16(2-4-17)14-31-23(34)22(33)30-15-24(12-20(30)28-31)7-9-29(10-8-24)21(32)11-19-6-5-18(26)13-27-19/h1-6,13H,7-12,14-15H2. The van der Waals surface area contributed by atoms with Crippen LogP contribution in [-0.2, 0) is 30.7 Å². The van der Waals surface area contributed by atoms with E-state index < -0.39 is 16.9 Å². The lowest BCUT2D eigenvalue weighted by Gasteiger charge is -2.38. The maximum absolute atomic E-state index is 13.2. The smallest absolute Gasteiger partial charge is 0.332 e. The van der Waals surface area contributed by atoms with Crippen molar-refractivity contribution >= 4 is 5.91 Å². The highest BCUT2D eigenvalue weighted by molar-refractivity contribution is 5.78. The summed E-state index contributed by atoms with van der Waals surface area (Å²) in [5.41, 5.74) is -0.347. The van der Waals surface area contributed by atoms with E-state index >= 15 is 0 Å². The Morgan fingerprint density at radius 2 is 1.68 bits per heavy atom. The van der Waals surface area contributed by atoms with E-state index in [0.717, 1.165) is 10.9 Å². The van der Waals surface area contributed by atoms with Crippen LogP contribution in [0.5, 0.6) is 0 Å². The maximum Gasteiger partial charge on any atom is 0.332 e. The minimum absolute atomic E-state index is 0.0706. The van der Waals surface area contributed by atoms with Gasteiger partial charge in [-0.2, -0.15) is 5.10 Å². The van der Waals surface area contributed by atoms with Crippen molar-refractivity contribution in [3.8, 4) is 0 Å². The highest BCUT2D eigenvalue weighted by Gasteiger charge is 2.42. The molecule has 4 heterocycles. The number of carbonyl (C=O) groups excluding carboxylic acids is 1. The molecule has 0 radical (unpaired) electrons. The van der Waals surface area contributed by atoms with Gasteiger partial charge < -0.3 is 4.90 Å². The molecule has 5 rings (SSSR count). The van der Waals surface area contributed by atoms with Crippen molar-refractivity contribution < 1.29 is 13.6 Å². The van der Waals surface area contributed by atoms with Crippen LogP contribution in [0.15, 0.2) is 52.2 Å². The molecular weight excluding hydrogens is 444 g/mol. The highest BCUT2D eigenvalue weighted by atomic mass is 19.1. The molecule has 0 atom stereocenters. The quantitative estimate of drug-likeness (QED) is 0.543. The molecule has 34 heavy (non-hydrogen) atoms. The molecule has 1 saturated heterocycles. The maximum atomic E-state index is 13.2. The number of nitrogens with zero attached hydrogens (tertiary/aromatic N) is 5. The van der Waals surface area contributed by atoms with Gasteiger partial charge in [-0.15, -0.1) is 0 Å². The molecule has 1 spiro atoms. The van der Waals surface area contributed by atoms with Gasteiger partial charge in [0.1, 0.15) is 17.5 Å². The number of aromatic nitrogens is 4. The zero-order valence-electron chi connectivity index (χ0n) is 18.4. The summed E-state index contributed by atoms with van der Waals surface area (Å²) in [7, 11) is 0. The number of halogens is 2. The Kier molecular flexibility index (Phi) is 5.59. The number of hydrogen-bond donors (Lipinski definition) is 0. The van der Waals surface area contributed by atoms with Gasteiger partial charge in [0.2, 0.25) is 5.91 Å². The van der Waals surface area contributed by atoms with Gasteiger partial charge in [0.25, 0.3) is 0 Å². The van der Waals surface area contributed by atoms with E-state index in [1.807, 2.05) is 0 Å². The zero-order chi connectivity index (χ0) is 23.9. The van der Waals surface area contributed by atoms with Crippen LogP contribution in [0.4, 0.5) is 8.78 Å². The molecule has 176 valence electrons. The van der Waals surface area contributed by atoms with Crippen LogP contribution in [0.1, 0.15) is 29.9 Å². The molecule has 3 aromatic rings. The Bertz CT molecular complexity index is 1340. The Balaban J connectivity index is 1.27. The molecule has 0 unspecified atom stereocenters. The average Bonchev–Trinajstić information content (AvgIpc) is 3.18. The van der Waals surface area contributed by atoms with Gasteiger partial charge >= 0.3 is 11.1 Å². The topological polar surface area (TPSA) is 90.1 Å². The van der Waals surface area contributed by atoms with E-state index in [4.69, 9.17) is 0 Å². The van der Waals surface area contributed by atoms with E-state index in [-0.39, 0.29) is 30.1 Å². The van der Waals surface area contributed by atoms with E-state index in [2.05, 4.69) is 10.1 Å². The fourth-order valence-electron chi connectivity index (χ4n) is 4.82. The molecule has 1 amide bonds. The number of amides is 1. The van der Waals surface area contributed by atoms with E-state index in [9.17, 15) is 23.2 Å². The molecular formula is C24H23F2N5O3. The highest BCUT2D eigenvalue weighted by Crippen LogP contribution is 2.40. The van der Waals surface area contributed by atoms with Crippen LogP contribution in [0.3, 0.4) is 0 Å². The first-order valence-electron chi connectivity index (χ1n) is 11.2. The molecule has 0 aliphatic carbocycles. The first-order valence-corrected chi connectivity index (χ1v) is 11.2. The summed E-state index contributed by atoms with van der Waals surface area (Å²) in [5, 5.41) is 4.45. The van der Waals surface area contributed by atoms with Crippen molar-refractivity contribution in [1.29, 1.82) is 0 Å². The third kappa shape index (κ3) is 4.27. The number of piperidine rings is 1. The minimum atomic E-state index is -0.704. The van der Waals surface area contributed by atoms with E-state index in [1.165, 1.54) is 28.8 Å². The number of rotatable bonds is 4. The monoisotopic (exact) mass is 467 g/mol. The van der Waals surface area contributed by atoms with Gasteiger partial charge in [-0.3, -0.25) is 23.9 Å². The van der Waals surface area contributed by atoms with Gasteiger partial charge in [-0.05, 0) is 48.1 Å². The summed E-state index contributed by atoms with van der Waals surface area (Å²) in [4.78, 5) is 43.8. The van der Waals surface area contributed by atoms with E-state index in [1.54, 1.807) is 17.0 Å². The zero-order valence-corrected chi connectivity index (χ0v) is 18.4. The van der Waals surface area contributed by atoms with Gasteiger partial charge in [0.05, 0.1) is 19.2 Å². The summed E-state index contributed by atoms with van der Waals surface area (Å²) in [5.74, 6) is -0.333. The SMILES string of the molecule is O=C(Cc1ccc(F)cn1)N1CCC2(CC1)Cc1nn(Cc3ccc(F)cc3)c(=O)c(=O)n1C2. The lowest BCUT2D eigenvalue weighted by atomic mass is 9.77. The van der Waals surface area contributed by atoms with Crippen molar-refractivity contribution in [2.45, 2.75) is 38.8 Å². The number of likely N-dealkylation sites (tertiary alicyclic amines) is 1. The summed E-state index contributed by atoms with van der Waals surface area (Å²) in [6, 6.07) is 8.52. The summed E-state index contributed by atoms with van der Waals surface area (Å²) in [6.45, 7) is 1.56. The summed E-state index contributed by atoms with van der Waals surface area (Å²) >= 11 is 0. The molecule has 2 aliphatic rings.